The topological polar surface area (TPSA) is 127 Å². The van der Waals surface area contributed by atoms with Crippen LogP contribution in [-0.4, -0.2) is 56.7 Å². The zero-order valence-electron chi connectivity index (χ0n) is 23.7. The van der Waals surface area contributed by atoms with Crippen LogP contribution >= 0.6 is 0 Å². The number of esters is 2. The minimum atomic E-state index is -0.471. The van der Waals surface area contributed by atoms with E-state index in [4.69, 9.17) is 25.4 Å². The maximum atomic E-state index is 13.0. The summed E-state index contributed by atoms with van der Waals surface area (Å²) in [6.07, 6.45) is 1.71. The molecule has 0 amide bonds. The second kappa shape index (κ2) is 14.3. The van der Waals surface area contributed by atoms with Crippen LogP contribution in [0.25, 0.3) is 11.1 Å². The van der Waals surface area contributed by atoms with Gasteiger partial charge in [0.25, 0.3) is 0 Å². The first kappa shape index (κ1) is 29.6. The molecule has 1 aliphatic heterocycles. The molecule has 4 N–H and O–H groups in total. The summed E-state index contributed by atoms with van der Waals surface area (Å²) < 4.78 is 16.9. The largest absolute Gasteiger partial charge is 0.489 e. The number of piperidine rings is 1. The van der Waals surface area contributed by atoms with Crippen LogP contribution in [0.2, 0.25) is 0 Å². The molecule has 0 radical (unpaired) electrons. The summed E-state index contributed by atoms with van der Waals surface area (Å²) >= 11 is 0. The van der Waals surface area contributed by atoms with Crippen LogP contribution in [0.15, 0.2) is 66.7 Å². The van der Waals surface area contributed by atoms with Gasteiger partial charge in [0.05, 0.1) is 13.2 Å². The van der Waals surface area contributed by atoms with Gasteiger partial charge in [-0.1, -0.05) is 36.4 Å². The highest BCUT2D eigenvalue weighted by Gasteiger charge is 2.22. The molecule has 0 atom stereocenters. The van der Waals surface area contributed by atoms with Crippen molar-refractivity contribution in [3.05, 3.63) is 83.4 Å². The standard InChI is InChI=1S/C32H38N4O5/c1-3-39-30(37)21-36(20-22-7-5-8-23(17-22)24-9-6-10-25(18-24)31(33)34)26-11-12-29(28(19-26)32(38)40-4-2)41-27-13-15-35-16-14-27/h5-12,17-19,27,35H,3-4,13-16,20-21H2,1-2H3,(H3,33,34). The monoisotopic (exact) mass is 558 g/mol. The van der Waals surface area contributed by atoms with E-state index in [1.807, 2.05) is 53.4 Å². The van der Waals surface area contributed by atoms with Crippen LogP contribution in [0.5, 0.6) is 5.75 Å². The number of amidine groups is 1. The van der Waals surface area contributed by atoms with Crippen LogP contribution in [0.3, 0.4) is 0 Å². The van der Waals surface area contributed by atoms with Gasteiger partial charge < -0.3 is 30.2 Å². The molecule has 0 saturated carbocycles. The molecule has 41 heavy (non-hydrogen) atoms. The average molecular weight is 559 g/mol. The van der Waals surface area contributed by atoms with Crippen LogP contribution in [0.1, 0.15) is 48.2 Å². The van der Waals surface area contributed by atoms with Gasteiger partial charge in [0.2, 0.25) is 0 Å². The van der Waals surface area contributed by atoms with E-state index in [9.17, 15) is 9.59 Å². The second-order valence-corrected chi connectivity index (χ2v) is 9.82. The molecule has 216 valence electrons. The lowest BCUT2D eigenvalue weighted by Gasteiger charge is -2.27. The quantitative estimate of drug-likeness (QED) is 0.168. The Labute approximate surface area is 241 Å². The predicted molar refractivity (Wildman–Crippen MR) is 159 cm³/mol. The summed E-state index contributed by atoms with van der Waals surface area (Å²) in [5.41, 5.74) is 10.2. The van der Waals surface area contributed by atoms with Crippen LogP contribution in [0.4, 0.5) is 5.69 Å². The van der Waals surface area contributed by atoms with Crippen molar-refractivity contribution in [2.75, 3.05) is 37.7 Å². The SMILES string of the molecule is CCOC(=O)CN(Cc1cccc(-c2cccc(C(=N)N)c2)c1)c1ccc(OC2CCNCC2)c(C(=O)OCC)c1. The van der Waals surface area contributed by atoms with Crippen LogP contribution in [-0.2, 0) is 20.8 Å². The summed E-state index contributed by atoms with van der Waals surface area (Å²) in [5, 5.41) is 11.1. The highest BCUT2D eigenvalue weighted by Crippen LogP contribution is 2.30. The van der Waals surface area contributed by atoms with Crippen molar-refractivity contribution in [1.29, 1.82) is 5.41 Å². The number of rotatable bonds is 12. The third kappa shape index (κ3) is 8.08. The van der Waals surface area contributed by atoms with Gasteiger partial charge >= 0.3 is 11.9 Å². The molecule has 1 aliphatic rings. The van der Waals surface area contributed by atoms with Crippen molar-refractivity contribution in [2.45, 2.75) is 39.3 Å². The Hall–Kier alpha value is -4.37. The third-order valence-corrected chi connectivity index (χ3v) is 6.84. The van der Waals surface area contributed by atoms with E-state index in [-0.39, 0.29) is 37.7 Å². The molecule has 1 saturated heterocycles. The lowest BCUT2D eigenvalue weighted by atomic mass is 10.0. The maximum Gasteiger partial charge on any atom is 0.341 e. The molecular formula is C32H38N4O5. The minimum absolute atomic E-state index is 0.00530. The Bertz CT molecular complexity index is 1370. The summed E-state index contributed by atoms with van der Waals surface area (Å²) in [7, 11) is 0. The second-order valence-electron chi connectivity index (χ2n) is 9.82. The van der Waals surface area contributed by atoms with Gasteiger partial charge in [-0.2, -0.15) is 0 Å². The van der Waals surface area contributed by atoms with Crippen LogP contribution < -0.4 is 20.7 Å². The van der Waals surface area contributed by atoms with Gasteiger partial charge in [0, 0.05) is 17.8 Å². The molecule has 9 heteroatoms. The summed E-state index contributed by atoms with van der Waals surface area (Å²) in [6.45, 7) is 6.15. The molecule has 0 aliphatic carbocycles. The van der Waals surface area contributed by atoms with E-state index in [1.165, 1.54) is 0 Å². The maximum absolute atomic E-state index is 13.0. The first-order valence-electron chi connectivity index (χ1n) is 14.0. The van der Waals surface area contributed by atoms with Crippen molar-refractivity contribution < 1.29 is 23.8 Å². The minimum Gasteiger partial charge on any atom is -0.489 e. The number of ether oxygens (including phenoxy) is 3. The van der Waals surface area contributed by atoms with Crippen molar-refractivity contribution >= 4 is 23.5 Å². The summed E-state index contributed by atoms with van der Waals surface area (Å²) in [6, 6.07) is 20.9. The van der Waals surface area contributed by atoms with Gasteiger partial charge in [-0.25, -0.2) is 4.79 Å². The van der Waals surface area contributed by atoms with Crippen molar-refractivity contribution in [3.63, 3.8) is 0 Å². The number of carbonyl (C=O) groups excluding carboxylic acids is 2. The summed E-state index contributed by atoms with van der Waals surface area (Å²) in [4.78, 5) is 27.5. The smallest absolute Gasteiger partial charge is 0.341 e. The summed E-state index contributed by atoms with van der Waals surface area (Å²) in [5.74, 6) is -0.358. The molecule has 0 spiro atoms. The third-order valence-electron chi connectivity index (χ3n) is 6.84. The van der Waals surface area contributed by atoms with E-state index in [0.717, 1.165) is 42.6 Å². The first-order valence-corrected chi connectivity index (χ1v) is 14.0. The lowest BCUT2D eigenvalue weighted by Crippen LogP contribution is -2.34. The van der Waals surface area contributed by atoms with E-state index >= 15 is 0 Å². The molecule has 3 aromatic carbocycles. The van der Waals surface area contributed by atoms with Crippen molar-refractivity contribution in [2.24, 2.45) is 5.73 Å². The van der Waals surface area contributed by atoms with Gasteiger partial charge in [-0.05, 0) is 86.8 Å². The predicted octanol–water partition coefficient (Wildman–Crippen LogP) is 4.51. The number of nitrogens with one attached hydrogen (secondary N) is 2. The van der Waals surface area contributed by atoms with Gasteiger partial charge in [0.15, 0.2) is 0 Å². The van der Waals surface area contributed by atoms with E-state index in [2.05, 4.69) is 5.32 Å². The normalized spacial score (nSPS) is 13.3. The number of nitrogens with zero attached hydrogens (tertiary/aromatic N) is 1. The molecule has 1 heterocycles. The number of nitrogen functional groups attached to an aromatic ring is 1. The van der Waals surface area contributed by atoms with Gasteiger partial charge in [-0.15, -0.1) is 0 Å². The highest BCUT2D eigenvalue weighted by molar-refractivity contribution is 5.96. The fourth-order valence-electron chi connectivity index (χ4n) is 4.82. The Morgan fingerprint density at radius 2 is 1.66 bits per heavy atom. The molecule has 4 rings (SSSR count). The van der Waals surface area contributed by atoms with Gasteiger partial charge in [-0.3, -0.25) is 10.2 Å². The lowest BCUT2D eigenvalue weighted by molar-refractivity contribution is -0.141. The zero-order chi connectivity index (χ0) is 29.2. The molecule has 0 bridgehead atoms. The Kier molecular flexibility index (Phi) is 10.3. The highest BCUT2D eigenvalue weighted by atomic mass is 16.5. The molecule has 1 fully saturated rings. The number of hydrogen-bond acceptors (Lipinski definition) is 8. The van der Waals surface area contributed by atoms with Crippen molar-refractivity contribution in [1.82, 2.24) is 5.32 Å². The van der Waals surface area contributed by atoms with Gasteiger partial charge in [0.1, 0.15) is 29.8 Å². The fraction of sp³-hybridized carbons (Fsp3) is 0.344. The zero-order valence-corrected chi connectivity index (χ0v) is 23.7. The number of hydrogen-bond donors (Lipinski definition) is 3. The van der Waals surface area contributed by atoms with E-state index in [1.54, 1.807) is 32.0 Å². The molecule has 0 unspecified atom stereocenters. The van der Waals surface area contributed by atoms with Crippen molar-refractivity contribution in [3.8, 4) is 16.9 Å². The van der Waals surface area contributed by atoms with E-state index in [0.29, 0.717) is 29.1 Å². The Balaban J connectivity index is 1.66. The number of nitrogens with two attached hydrogens (primary N) is 1. The Morgan fingerprint density at radius 1 is 0.951 bits per heavy atom. The number of benzene rings is 3. The number of carbonyl (C=O) groups is 2. The fourth-order valence-corrected chi connectivity index (χ4v) is 4.82. The molecular weight excluding hydrogens is 520 g/mol. The Morgan fingerprint density at radius 3 is 2.37 bits per heavy atom. The van der Waals surface area contributed by atoms with Crippen LogP contribution in [0, 0.1) is 5.41 Å². The molecule has 9 nitrogen and oxygen atoms in total. The molecule has 3 aromatic rings. The first-order chi connectivity index (χ1) is 19.9. The molecule has 0 aromatic heterocycles. The number of anilines is 1. The average Bonchev–Trinajstić information content (AvgIpc) is 2.98. The van der Waals surface area contributed by atoms with E-state index < -0.39 is 5.97 Å².